The molecule has 4 aliphatic heterocycles. The van der Waals surface area contributed by atoms with Crippen LogP contribution in [0.15, 0.2) is 116 Å². The van der Waals surface area contributed by atoms with Crippen LogP contribution in [0.1, 0.15) is 74.7 Å². The Hall–Kier alpha value is -8.93. The van der Waals surface area contributed by atoms with Crippen LogP contribution in [0.25, 0.3) is 22.5 Å². The minimum Gasteiger partial charge on any atom is -0.371 e. The van der Waals surface area contributed by atoms with E-state index in [4.69, 9.17) is 14.7 Å². The average molecular weight is 988 g/mol. The van der Waals surface area contributed by atoms with Gasteiger partial charge in [-0.25, -0.2) is 28.7 Å². The summed E-state index contributed by atoms with van der Waals surface area (Å²) in [5.74, 6) is -1.05. The summed E-state index contributed by atoms with van der Waals surface area (Å²) in [7, 11) is 0. The Morgan fingerprint density at radius 1 is 0.689 bits per heavy atom. The molecule has 2 unspecified atom stereocenters. The zero-order valence-corrected chi connectivity index (χ0v) is 40.0. The molecular weight excluding hydrogens is 941 g/mol. The van der Waals surface area contributed by atoms with Crippen molar-refractivity contribution in [1.29, 1.82) is 10.5 Å². The van der Waals surface area contributed by atoms with Gasteiger partial charge < -0.3 is 30.1 Å². The third-order valence-electron chi connectivity index (χ3n) is 14.1. The quantitative estimate of drug-likeness (QED) is 0.118. The molecule has 4 aliphatic rings. The van der Waals surface area contributed by atoms with Crippen LogP contribution < -0.4 is 20.4 Å². The van der Waals surface area contributed by atoms with E-state index in [0.29, 0.717) is 101 Å². The van der Waals surface area contributed by atoms with Gasteiger partial charge in [0, 0.05) is 73.1 Å². The number of likely N-dealkylation sites (tertiary alicyclic amines) is 1. The highest BCUT2D eigenvalue weighted by molar-refractivity contribution is 6.00. The van der Waals surface area contributed by atoms with E-state index in [-0.39, 0.29) is 53.2 Å². The smallest absolute Gasteiger partial charge is 0.253 e. The fraction of sp³-hybridized carbons (Fsp3) is 0.246. The first-order valence-electron chi connectivity index (χ1n) is 24.6. The maximum absolute atomic E-state index is 16.7. The second kappa shape index (κ2) is 20.3. The van der Waals surface area contributed by atoms with Crippen LogP contribution in [0.3, 0.4) is 0 Å². The topological polar surface area (TPSA) is 193 Å². The summed E-state index contributed by atoms with van der Waals surface area (Å²) in [5, 5.41) is 27.2. The summed E-state index contributed by atoms with van der Waals surface area (Å²) >= 11 is 0. The Balaban J connectivity index is 0.759. The molecule has 0 saturated carbocycles. The lowest BCUT2D eigenvalue weighted by Gasteiger charge is -2.23. The number of halogens is 2. The minimum atomic E-state index is -0.736. The molecule has 7 aromatic rings. The highest BCUT2D eigenvalue weighted by atomic mass is 19.1. The van der Waals surface area contributed by atoms with E-state index in [0.717, 1.165) is 37.1 Å². The fourth-order valence-electron chi connectivity index (χ4n) is 10.5. The second-order valence-corrected chi connectivity index (χ2v) is 18.7. The summed E-state index contributed by atoms with van der Waals surface area (Å²) in [6, 6.07) is 33.0. The average Bonchev–Trinajstić information content (AvgIpc) is 4.28. The third-order valence-corrected chi connectivity index (χ3v) is 14.1. The van der Waals surface area contributed by atoms with Crippen LogP contribution in [0, 0.1) is 34.3 Å². The number of rotatable bonds is 12. The second-order valence-electron chi connectivity index (χ2n) is 18.7. The molecule has 0 aliphatic carbocycles. The number of nitriles is 2. The number of carbonyl (C=O) groups excluding carboxylic acids is 3. The molecule has 2 aromatic heterocycles. The number of anilines is 5. The predicted molar refractivity (Wildman–Crippen MR) is 272 cm³/mol. The van der Waals surface area contributed by atoms with Gasteiger partial charge in [-0.15, -0.1) is 0 Å². The summed E-state index contributed by atoms with van der Waals surface area (Å²) in [6.07, 6.45) is 5.64. The van der Waals surface area contributed by atoms with Crippen LogP contribution in [-0.2, 0) is 40.0 Å². The van der Waals surface area contributed by atoms with E-state index in [9.17, 15) is 29.3 Å². The Morgan fingerprint density at radius 3 is 1.92 bits per heavy atom. The molecule has 368 valence electrons. The highest BCUT2D eigenvalue weighted by Crippen LogP contribution is 2.39. The Labute approximate surface area is 425 Å². The summed E-state index contributed by atoms with van der Waals surface area (Å²) < 4.78 is 37.2. The number of nitrogens with zero attached hydrogens (tertiary/aromatic N) is 9. The first-order chi connectivity index (χ1) is 36.1. The van der Waals surface area contributed by atoms with Crippen molar-refractivity contribution in [2.24, 2.45) is 0 Å². The molecule has 2 N–H and O–H groups in total. The van der Waals surface area contributed by atoms with Gasteiger partial charge in [0.25, 0.3) is 5.91 Å². The molecule has 5 aromatic carbocycles. The lowest BCUT2D eigenvalue weighted by Crippen LogP contribution is -2.31. The van der Waals surface area contributed by atoms with Crippen LogP contribution in [0.5, 0.6) is 0 Å². The monoisotopic (exact) mass is 987 g/mol. The largest absolute Gasteiger partial charge is 0.371 e. The first-order valence-corrected chi connectivity index (χ1v) is 24.6. The normalized spacial score (nSPS) is 16.6. The zero-order chi connectivity index (χ0) is 50.9. The number of fused-ring (bicyclic) bond motifs is 2. The summed E-state index contributed by atoms with van der Waals surface area (Å²) in [6.45, 7) is 2.55. The third kappa shape index (κ3) is 9.37. The van der Waals surface area contributed by atoms with Crippen molar-refractivity contribution in [2.45, 2.75) is 57.1 Å². The maximum Gasteiger partial charge on any atom is 0.253 e. The minimum absolute atomic E-state index is 0.0197. The molecule has 2 atom stereocenters. The van der Waals surface area contributed by atoms with Crippen LogP contribution in [0.2, 0.25) is 0 Å². The van der Waals surface area contributed by atoms with Crippen molar-refractivity contribution < 1.29 is 27.9 Å². The van der Waals surface area contributed by atoms with Gasteiger partial charge in [-0.1, -0.05) is 36.4 Å². The van der Waals surface area contributed by atoms with E-state index in [2.05, 4.69) is 32.7 Å². The first kappa shape index (κ1) is 47.4. The van der Waals surface area contributed by atoms with E-state index in [1.165, 1.54) is 6.07 Å². The number of aromatic nitrogens is 4. The highest BCUT2D eigenvalue weighted by Gasteiger charge is 2.35. The molecule has 6 heterocycles. The van der Waals surface area contributed by atoms with E-state index >= 15 is 4.39 Å². The van der Waals surface area contributed by atoms with E-state index in [1.54, 1.807) is 95.0 Å². The van der Waals surface area contributed by atoms with Gasteiger partial charge in [-0.2, -0.15) is 10.5 Å². The molecular formula is C57H47F2N11O4. The molecule has 2 saturated heterocycles. The summed E-state index contributed by atoms with van der Waals surface area (Å²) in [5.41, 5.74) is 7.72. The van der Waals surface area contributed by atoms with Crippen LogP contribution >= 0.6 is 0 Å². The fourth-order valence-corrected chi connectivity index (χ4v) is 10.5. The molecule has 0 bridgehead atoms. The van der Waals surface area contributed by atoms with Crippen LogP contribution in [0.4, 0.5) is 37.7 Å². The number of benzene rings is 5. The van der Waals surface area contributed by atoms with Crippen molar-refractivity contribution in [3.05, 3.63) is 172 Å². The number of hydrogen-bond acceptors (Lipinski definition) is 12. The molecule has 17 heteroatoms. The molecule has 3 amide bonds. The van der Waals surface area contributed by atoms with Crippen molar-refractivity contribution in [3.63, 3.8) is 0 Å². The lowest BCUT2D eigenvalue weighted by molar-refractivity contribution is -0.118. The Kier molecular flexibility index (Phi) is 13.0. The number of carbonyl (C=O) groups is 3. The lowest BCUT2D eigenvalue weighted by atomic mass is 9.97. The number of nitrogens with one attached hydrogen (secondary N) is 2. The maximum atomic E-state index is 16.7. The SMILES string of the molecule is N#Cc1cc(-c2ccnc(NC3CCOC3c3cccc(CC(=O)N4CCc5cc(-c6ccnc(Nc7ccc(C(=O)N8CCCC8)cc7)n6)cc(C#N)c54)c3F)n2)cc2c1N(C(=O)Cc1ccccc1F)CC2. The van der Waals surface area contributed by atoms with E-state index in [1.807, 2.05) is 29.2 Å². The molecule has 15 nitrogen and oxygen atoms in total. The Morgan fingerprint density at radius 2 is 1.28 bits per heavy atom. The van der Waals surface area contributed by atoms with Gasteiger partial charge in [-0.05, 0) is 121 Å². The van der Waals surface area contributed by atoms with Crippen molar-refractivity contribution in [3.8, 4) is 34.7 Å². The molecule has 11 rings (SSSR count). The molecule has 0 radical (unpaired) electrons. The van der Waals surface area contributed by atoms with Gasteiger partial charge in [0.2, 0.25) is 23.7 Å². The standard InChI is InChI=1S/C57H47F2N11O4/c58-45-9-2-1-6-35(45)30-49(71)69-23-16-37-27-40(29-41(32-60)52(37)69)47-15-20-63-57(66-47)67-48-18-25-74-54(48)44-8-5-7-36(51(44)59)31-50(72)70-24-17-38-26-39(28-42(33-61)53(38)70)46-14-19-62-56(65-46)64-43-12-10-34(11-13-43)55(73)68-21-3-4-22-68/h1-2,5-15,19-20,26-29,48,54H,3-4,16-18,21-25,30-31H2,(H,62,64,65)(H,63,66,67). The van der Waals surface area contributed by atoms with Gasteiger partial charge in [0.05, 0.1) is 52.8 Å². The number of hydrogen-bond donors (Lipinski definition) is 2. The van der Waals surface area contributed by atoms with Gasteiger partial charge in [0.15, 0.2) is 0 Å². The van der Waals surface area contributed by atoms with Gasteiger partial charge >= 0.3 is 0 Å². The molecule has 2 fully saturated rings. The van der Waals surface area contributed by atoms with Crippen molar-refractivity contribution in [2.75, 3.05) is 53.2 Å². The van der Waals surface area contributed by atoms with Crippen molar-refractivity contribution in [1.82, 2.24) is 24.8 Å². The van der Waals surface area contributed by atoms with E-state index < -0.39 is 23.8 Å². The number of ether oxygens (including phenoxy) is 1. The van der Waals surface area contributed by atoms with Crippen LogP contribution in [-0.4, -0.2) is 81.4 Å². The summed E-state index contributed by atoms with van der Waals surface area (Å²) in [4.78, 5) is 63.6. The zero-order valence-electron chi connectivity index (χ0n) is 40.0. The molecule has 0 spiro atoms. The van der Waals surface area contributed by atoms with Gasteiger partial charge in [-0.3, -0.25) is 14.4 Å². The Bertz CT molecular complexity index is 3460. The predicted octanol–water partition coefficient (Wildman–Crippen LogP) is 8.81. The van der Waals surface area contributed by atoms with Gasteiger partial charge in [0.1, 0.15) is 29.9 Å². The number of amides is 3. The molecule has 74 heavy (non-hydrogen) atoms. The van der Waals surface area contributed by atoms with Crippen molar-refractivity contribution >= 4 is 46.7 Å².